The van der Waals surface area contributed by atoms with E-state index >= 15 is 0 Å². The molecule has 3 aliphatic heterocycles. The van der Waals surface area contributed by atoms with Crippen molar-refractivity contribution in [3.05, 3.63) is 119 Å². The SMILES string of the molecule is Cn1c(=O)n(C2CCC(=O)NC2=O)c2ccc(C#CCCCC#Cc3nccc(N4C5CCC4CN(c4cc(-c6ccccc6OCc6ccccc6)nnc4N)C5)n3)cc21. The molecule has 3 aromatic carbocycles. The number of piperazine rings is 1. The molecule has 2 bridgehead atoms. The molecule has 0 spiro atoms. The normalized spacial score (nSPS) is 18.3. The van der Waals surface area contributed by atoms with Crippen LogP contribution in [0.1, 0.15) is 67.9 Å². The highest BCUT2D eigenvalue weighted by molar-refractivity contribution is 6.00. The van der Waals surface area contributed by atoms with Gasteiger partial charge in [0.25, 0.3) is 0 Å². The first-order valence-corrected chi connectivity index (χ1v) is 20.6. The number of imidazole rings is 1. The first-order valence-electron chi connectivity index (χ1n) is 20.6. The fourth-order valence-electron chi connectivity index (χ4n) is 8.58. The monoisotopic (exact) mass is 812 g/mol. The van der Waals surface area contributed by atoms with Crippen LogP contribution in [-0.4, -0.2) is 66.3 Å². The first-order chi connectivity index (χ1) is 29.8. The number of aromatic nitrogens is 6. The van der Waals surface area contributed by atoms with E-state index in [1.807, 2.05) is 84.9 Å². The van der Waals surface area contributed by atoms with E-state index in [1.165, 1.54) is 9.13 Å². The van der Waals surface area contributed by atoms with E-state index in [0.29, 0.717) is 47.8 Å². The molecule has 3 atom stereocenters. The summed E-state index contributed by atoms with van der Waals surface area (Å²) in [7, 11) is 1.67. The Morgan fingerprint density at radius 3 is 2.43 bits per heavy atom. The summed E-state index contributed by atoms with van der Waals surface area (Å²) in [5.74, 6) is 14.5. The summed E-state index contributed by atoms with van der Waals surface area (Å²) >= 11 is 0. The fraction of sp³-hybridized carbons (Fsp3) is 0.298. The maximum Gasteiger partial charge on any atom is 0.329 e. The van der Waals surface area contributed by atoms with Gasteiger partial charge in [0.2, 0.25) is 17.6 Å². The van der Waals surface area contributed by atoms with Gasteiger partial charge < -0.3 is 20.3 Å². The van der Waals surface area contributed by atoms with Crippen LogP contribution in [-0.2, 0) is 23.2 Å². The number of carbonyl (C=O) groups is 2. The highest BCUT2D eigenvalue weighted by Crippen LogP contribution is 2.38. The number of para-hydroxylation sites is 1. The van der Waals surface area contributed by atoms with Gasteiger partial charge in [0.05, 0.1) is 22.4 Å². The Balaban J connectivity index is 0.812. The van der Waals surface area contributed by atoms with Crippen LogP contribution >= 0.6 is 0 Å². The maximum atomic E-state index is 13.1. The molecule has 3 fully saturated rings. The van der Waals surface area contributed by atoms with Gasteiger partial charge in [-0.3, -0.25) is 24.0 Å². The zero-order valence-electron chi connectivity index (χ0n) is 33.8. The number of nitrogens with two attached hydrogens (primary N) is 1. The van der Waals surface area contributed by atoms with Crippen LogP contribution in [0.3, 0.4) is 0 Å². The summed E-state index contributed by atoms with van der Waals surface area (Å²) in [4.78, 5) is 51.3. The largest absolute Gasteiger partial charge is 0.488 e. The number of amides is 2. The predicted molar refractivity (Wildman–Crippen MR) is 232 cm³/mol. The molecule has 14 nitrogen and oxygen atoms in total. The average molecular weight is 813 g/mol. The van der Waals surface area contributed by atoms with E-state index in [2.05, 4.69) is 54.0 Å². The molecular weight excluding hydrogens is 769 g/mol. The van der Waals surface area contributed by atoms with Gasteiger partial charge >= 0.3 is 5.69 Å². The second kappa shape index (κ2) is 17.0. The van der Waals surface area contributed by atoms with Crippen molar-refractivity contribution >= 4 is 40.2 Å². The van der Waals surface area contributed by atoms with Gasteiger partial charge in [0.15, 0.2) is 5.82 Å². The third-order valence-electron chi connectivity index (χ3n) is 11.6. The van der Waals surface area contributed by atoms with Gasteiger partial charge in [-0.25, -0.2) is 14.8 Å². The second-order valence-corrected chi connectivity index (χ2v) is 15.5. The minimum Gasteiger partial charge on any atom is -0.488 e. The van der Waals surface area contributed by atoms with Crippen LogP contribution in [0, 0.1) is 23.7 Å². The Hall–Kier alpha value is -7.45. The van der Waals surface area contributed by atoms with Crippen LogP contribution in [0.25, 0.3) is 22.3 Å². The number of nitrogens with one attached hydrogen (secondary N) is 1. The summed E-state index contributed by atoms with van der Waals surface area (Å²) in [6.45, 7) is 1.99. The number of carbonyl (C=O) groups excluding carboxylic acids is 2. The summed E-state index contributed by atoms with van der Waals surface area (Å²) in [6.07, 6.45) is 6.40. The lowest BCUT2D eigenvalue weighted by atomic mass is 10.1. The van der Waals surface area contributed by atoms with Crippen LogP contribution < -0.4 is 31.3 Å². The molecule has 0 saturated carbocycles. The summed E-state index contributed by atoms with van der Waals surface area (Å²) in [6, 6.07) is 27.2. The Morgan fingerprint density at radius 1 is 0.852 bits per heavy atom. The Bertz CT molecular complexity index is 2820. The number of aryl methyl sites for hydroxylation is 1. The highest BCUT2D eigenvalue weighted by Gasteiger charge is 2.41. The minimum absolute atomic E-state index is 0.195. The van der Waals surface area contributed by atoms with E-state index in [9.17, 15) is 14.4 Å². The summed E-state index contributed by atoms with van der Waals surface area (Å²) in [5.41, 5.74) is 11.8. The Labute approximate surface area is 352 Å². The van der Waals surface area contributed by atoms with Crippen molar-refractivity contribution in [3.63, 3.8) is 0 Å². The molecule has 14 heteroatoms. The molecule has 3 N–H and O–H groups in total. The van der Waals surface area contributed by atoms with E-state index in [1.54, 1.807) is 13.2 Å². The molecule has 61 heavy (non-hydrogen) atoms. The maximum absolute atomic E-state index is 13.1. The van der Waals surface area contributed by atoms with E-state index in [-0.39, 0.29) is 36.5 Å². The number of hydrogen-bond donors (Lipinski definition) is 2. The van der Waals surface area contributed by atoms with Crippen molar-refractivity contribution in [1.29, 1.82) is 0 Å². The molecular formula is C47H44N10O4. The van der Waals surface area contributed by atoms with E-state index < -0.39 is 11.9 Å². The number of imide groups is 1. The lowest BCUT2D eigenvalue weighted by Gasteiger charge is -2.42. The van der Waals surface area contributed by atoms with Crippen molar-refractivity contribution in [3.8, 4) is 40.7 Å². The fourth-order valence-corrected chi connectivity index (χ4v) is 8.58. The van der Waals surface area contributed by atoms with Crippen molar-refractivity contribution in [2.45, 2.75) is 69.7 Å². The number of fused-ring (bicyclic) bond motifs is 3. The van der Waals surface area contributed by atoms with Crippen LogP contribution in [0.5, 0.6) is 5.75 Å². The first kappa shape index (κ1) is 39.0. The van der Waals surface area contributed by atoms with Crippen molar-refractivity contribution < 1.29 is 14.3 Å². The minimum atomic E-state index is -0.723. The standard InChI is InChI=1S/C47H44N10O4/c1-54-39-26-31(18-21-37(39)57(47(54)60)38-22-23-44(58)51-46(38)59)12-6-3-2-4-9-17-42-49-25-24-43(50-42)56-33-19-20-34(56)29-55(28-33)40-27-36(52-53-45(40)48)35-15-10-11-16-41(35)61-30-32-13-7-5-8-14-32/h5,7-8,10-11,13-16,18,21,24-27,33-34,38H,2-4,19-20,22-23,28-30H2,1H3,(H2,48,53)(H,51,58,59). The molecule has 3 saturated heterocycles. The molecule has 2 amide bonds. The van der Waals surface area contributed by atoms with Gasteiger partial charge in [-0.05, 0) is 79.6 Å². The van der Waals surface area contributed by atoms with Crippen molar-refractivity contribution in [2.75, 3.05) is 28.6 Å². The summed E-state index contributed by atoms with van der Waals surface area (Å²) in [5, 5.41) is 11.2. The third kappa shape index (κ3) is 8.13. The highest BCUT2D eigenvalue weighted by atomic mass is 16.5. The average Bonchev–Trinajstić information content (AvgIpc) is 3.69. The van der Waals surface area contributed by atoms with E-state index in [4.69, 9.17) is 15.5 Å². The quantitative estimate of drug-likeness (QED) is 0.113. The van der Waals surface area contributed by atoms with Crippen LogP contribution in [0.2, 0.25) is 0 Å². The number of piperidine rings is 1. The molecule has 0 radical (unpaired) electrons. The molecule has 0 aliphatic carbocycles. The Morgan fingerprint density at radius 2 is 1.62 bits per heavy atom. The summed E-state index contributed by atoms with van der Waals surface area (Å²) < 4.78 is 9.22. The zero-order chi connectivity index (χ0) is 41.9. The van der Waals surface area contributed by atoms with Crippen LogP contribution in [0.15, 0.2) is 95.9 Å². The lowest BCUT2D eigenvalue weighted by molar-refractivity contribution is -0.135. The number of rotatable bonds is 9. The van der Waals surface area contributed by atoms with Gasteiger partial charge in [0, 0.05) is 68.8 Å². The van der Waals surface area contributed by atoms with Crippen LogP contribution in [0.4, 0.5) is 17.3 Å². The smallest absolute Gasteiger partial charge is 0.329 e. The van der Waals surface area contributed by atoms with E-state index in [0.717, 1.165) is 66.3 Å². The van der Waals surface area contributed by atoms with Gasteiger partial charge in [-0.2, -0.15) is 0 Å². The number of nitrogens with zero attached hydrogens (tertiary/aromatic N) is 8. The molecule has 306 valence electrons. The van der Waals surface area contributed by atoms with Crippen molar-refractivity contribution in [2.24, 2.45) is 7.05 Å². The van der Waals surface area contributed by atoms with Crippen molar-refractivity contribution in [1.82, 2.24) is 34.6 Å². The number of anilines is 3. The number of ether oxygens (including phenoxy) is 1. The zero-order valence-corrected chi connectivity index (χ0v) is 33.8. The molecule has 9 rings (SSSR count). The number of hydrogen-bond acceptors (Lipinski definition) is 11. The molecule has 6 aromatic rings. The topological polar surface area (TPSA) is 166 Å². The van der Waals surface area contributed by atoms with Gasteiger partial charge in [-0.1, -0.05) is 60.2 Å². The third-order valence-corrected chi connectivity index (χ3v) is 11.6. The number of unbranched alkanes of at least 4 members (excludes halogenated alkanes) is 2. The predicted octanol–water partition coefficient (Wildman–Crippen LogP) is 5.16. The second-order valence-electron chi connectivity index (χ2n) is 15.5. The molecule has 3 aliphatic rings. The van der Waals surface area contributed by atoms with Gasteiger partial charge in [-0.15, -0.1) is 10.2 Å². The molecule has 3 aromatic heterocycles. The number of benzene rings is 3. The molecule has 6 heterocycles. The molecule has 3 unspecified atom stereocenters. The lowest BCUT2D eigenvalue weighted by Crippen LogP contribution is -2.54. The van der Waals surface area contributed by atoms with Gasteiger partial charge in [0.1, 0.15) is 24.2 Å². The Kier molecular flexibility index (Phi) is 10.9. The number of nitrogen functional groups attached to an aromatic ring is 1.